The number of Topliss-reactive ketones (excluding diaryl/α,β-unsaturated/α-hetero) is 3. The second kappa shape index (κ2) is 35.5. The van der Waals surface area contributed by atoms with Gasteiger partial charge in [-0.3, -0.25) is 57.7 Å². The molecule has 8 amide bonds. The van der Waals surface area contributed by atoms with Crippen molar-refractivity contribution in [2.45, 2.75) is 255 Å². The van der Waals surface area contributed by atoms with E-state index < -0.39 is 144 Å². The number of amidine groups is 1. The molecule has 3 N–H and O–H groups in total. The third-order valence-electron chi connectivity index (χ3n) is 19.2. The first-order chi connectivity index (χ1) is 42.2. The number of carbonyl (C=O) groups is 11. The van der Waals surface area contributed by atoms with E-state index in [2.05, 4.69) is 10.6 Å². The van der Waals surface area contributed by atoms with Crippen LogP contribution in [0.4, 0.5) is 0 Å². The van der Waals surface area contributed by atoms with Crippen LogP contribution in [-0.4, -0.2) is 226 Å². The molecule has 518 valence electrons. The first-order valence-corrected chi connectivity index (χ1v) is 33.9. The quantitative estimate of drug-likeness (QED) is 0.163. The third kappa shape index (κ3) is 21.4. The molecule has 0 aromatic rings. The molecule has 22 nitrogen and oxygen atoms in total. The lowest BCUT2D eigenvalue weighted by Crippen LogP contribution is -2.62. The molecular formula is C69H120N10O12. The van der Waals surface area contributed by atoms with Gasteiger partial charge in [-0.15, -0.1) is 0 Å². The van der Waals surface area contributed by atoms with E-state index in [9.17, 15) is 38.7 Å². The van der Waals surface area contributed by atoms with Gasteiger partial charge in [0, 0.05) is 98.8 Å². The van der Waals surface area contributed by atoms with Crippen molar-refractivity contribution in [3.05, 3.63) is 0 Å². The fraction of sp³-hybridized carbons (Fsp3) is 0.826. The minimum Gasteiger partial charge on any atom is -0.390 e. The number of fused-ring (bicyclic) bond motifs is 1. The average Bonchev–Trinajstić information content (AvgIpc) is 1.70. The molecule has 1 saturated heterocycles. The number of amides is 8. The van der Waals surface area contributed by atoms with E-state index in [4.69, 9.17) is 4.99 Å². The summed E-state index contributed by atoms with van der Waals surface area (Å²) in [5, 5.41) is 18.9. The Bertz CT molecular complexity index is 2570. The highest BCUT2D eigenvalue weighted by Gasteiger charge is 2.46. The summed E-state index contributed by atoms with van der Waals surface area (Å²) < 4.78 is 0. The number of ketones is 3. The molecule has 22 heteroatoms. The van der Waals surface area contributed by atoms with Crippen LogP contribution in [0.3, 0.4) is 0 Å². The van der Waals surface area contributed by atoms with Gasteiger partial charge in [0.05, 0.1) is 36.6 Å². The van der Waals surface area contributed by atoms with Gasteiger partial charge in [-0.1, -0.05) is 117 Å². The summed E-state index contributed by atoms with van der Waals surface area (Å²) in [6.07, 6.45) is 2.76. The van der Waals surface area contributed by atoms with Crippen LogP contribution < -0.4 is 10.6 Å². The molecule has 0 unspecified atom stereocenters. The van der Waals surface area contributed by atoms with Crippen molar-refractivity contribution in [2.24, 2.45) is 64.2 Å². The zero-order valence-corrected chi connectivity index (χ0v) is 60.0. The maximum Gasteiger partial charge on any atom is 0.246 e. The lowest BCUT2D eigenvalue weighted by atomic mass is 9.84. The molecule has 3 aliphatic rings. The van der Waals surface area contributed by atoms with Crippen LogP contribution >= 0.6 is 0 Å². The number of rotatable bonds is 15. The number of carbonyl (C=O) groups excluding carboxylic acids is 11. The Kier molecular flexibility index (Phi) is 31.0. The molecule has 2 heterocycles. The van der Waals surface area contributed by atoms with Crippen molar-refractivity contribution in [1.82, 2.24) is 44.9 Å². The fourth-order valence-corrected chi connectivity index (χ4v) is 13.5. The predicted octanol–water partition coefficient (Wildman–Crippen LogP) is 6.28. The van der Waals surface area contributed by atoms with Crippen molar-refractivity contribution in [3.8, 4) is 0 Å². The highest BCUT2D eigenvalue weighted by molar-refractivity contribution is 5.99. The van der Waals surface area contributed by atoms with Crippen LogP contribution in [-0.2, 0) is 52.7 Å². The Morgan fingerprint density at radius 2 is 0.956 bits per heavy atom. The Morgan fingerprint density at radius 3 is 1.45 bits per heavy atom. The molecule has 0 aromatic heterocycles. The van der Waals surface area contributed by atoms with Crippen LogP contribution in [0, 0.1) is 59.2 Å². The maximum atomic E-state index is 15.4. The molecule has 2 aliphatic heterocycles. The SMILES string of the molecule is CC[C@@H]1CC(=O)[C@H]([C@H](O)[C@H](C)CC2=N[C@H]3CCCC[C@@H]3N2)N(C)C(=O)[C@H](C(C)C)N(C)C(=O)[C@H](CC(C)C)N(C)C(=O)[C@H](CC(C)C)N(C)C(=O)[C@@H](C)NC(=O)[C@H](C)CC(=O)[C@H](CC(C)C)N(C)C(=O)[C@H](C(C)C)CC(=O)[C@H](CC(C)C)N(C)C(=O)CN(C)C1=O. The van der Waals surface area contributed by atoms with Gasteiger partial charge in [0.2, 0.25) is 47.3 Å². The Labute approximate surface area is 545 Å². The molecule has 0 spiro atoms. The molecule has 0 aromatic carbocycles. The summed E-state index contributed by atoms with van der Waals surface area (Å²) in [4.78, 5) is 176. The highest BCUT2D eigenvalue weighted by Crippen LogP contribution is 2.31. The average molecular weight is 1280 g/mol. The second-order valence-corrected chi connectivity index (χ2v) is 29.6. The summed E-state index contributed by atoms with van der Waals surface area (Å²) in [5.74, 6) is -10.2. The fourth-order valence-electron chi connectivity index (χ4n) is 13.5. The molecule has 0 bridgehead atoms. The second-order valence-electron chi connectivity index (χ2n) is 29.6. The molecular weight excluding hydrogens is 1160 g/mol. The zero-order chi connectivity index (χ0) is 69.5. The summed E-state index contributed by atoms with van der Waals surface area (Å²) in [6.45, 7) is 28.4. The maximum absolute atomic E-state index is 15.4. The standard InChI is InChI=1S/C69H120N10O12/c1-24-47-35-57(82)61(62(84)44(14)34-58-71-49-27-25-26-28-50(49)72-58)79(23)69(91)60(43(12)13)78(22)68(90)54(32-41(8)9)77(21)67(89)53(31-40(6)7)76(20)64(86)46(16)70-63(85)45(15)33-55(80)52(30-39(4)5)75(19)66(88)48(42(10)11)36-56(81)51(29-38(2)3)74(18)59(83)37-73(17)65(47)87/h38-54,60-62,84H,24-37H2,1-23H3,(H,70,85)(H,71,72)/t44-,45-,46-,47-,48+,49+,50+,51+,52+,53+,54+,60+,61-,62-/m1/s1. The first kappa shape index (κ1) is 79.4. The smallest absolute Gasteiger partial charge is 0.246 e. The van der Waals surface area contributed by atoms with Gasteiger partial charge >= 0.3 is 0 Å². The van der Waals surface area contributed by atoms with Gasteiger partial charge in [-0.25, -0.2) is 0 Å². The molecule has 3 rings (SSSR count). The third-order valence-corrected chi connectivity index (χ3v) is 19.2. The van der Waals surface area contributed by atoms with Gasteiger partial charge in [-0.05, 0) is 93.3 Å². The van der Waals surface area contributed by atoms with Gasteiger partial charge < -0.3 is 50.0 Å². The summed E-state index contributed by atoms with van der Waals surface area (Å²) in [7, 11) is 10.3. The van der Waals surface area contributed by atoms with E-state index in [1.807, 2.05) is 69.2 Å². The van der Waals surface area contributed by atoms with E-state index in [1.54, 1.807) is 34.6 Å². The minimum absolute atomic E-state index is 0.0681. The Balaban J connectivity index is 2.30. The van der Waals surface area contributed by atoms with Crippen LogP contribution in [0.2, 0.25) is 0 Å². The largest absolute Gasteiger partial charge is 0.390 e. The van der Waals surface area contributed by atoms with Crippen molar-refractivity contribution in [3.63, 3.8) is 0 Å². The Morgan fingerprint density at radius 1 is 0.495 bits per heavy atom. The number of aliphatic hydroxyl groups excluding tert-OH is 1. The molecule has 14 atom stereocenters. The minimum atomic E-state index is -1.53. The molecule has 1 aliphatic carbocycles. The van der Waals surface area contributed by atoms with E-state index >= 15 is 19.2 Å². The van der Waals surface area contributed by atoms with Crippen molar-refractivity contribution < 1.29 is 57.8 Å². The van der Waals surface area contributed by atoms with E-state index in [1.165, 1.54) is 90.6 Å². The number of aliphatic imine (C=N–C) groups is 1. The normalized spacial score (nSPS) is 29.2. The number of likely N-dealkylation sites (N-methyl/N-ethyl adjacent to an activating group) is 7. The van der Waals surface area contributed by atoms with Crippen molar-refractivity contribution in [2.75, 3.05) is 55.9 Å². The number of nitrogens with zero attached hydrogens (tertiary/aromatic N) is 8. The molecule has 1 saturated carbocycles. The molecule has 91 heavy (non-hydrogen) atoms. The number of nitrogens with one attached hydrogen (secondary N) is 2. The van der Waals surface area contributed by atoms with Crippen LogP contribution in [0.15, 0.2) is 4.99 Å². The van der Waals surface area contributed by atoms with Crippen LogP contribution in [0.5, 0.6) is 0 Å². The lowest BCUT2D eigenvalue weighted by Gasteiger charge is -2.41. The van der Waals surface area contributed by atoms with Crippen LogP contribution in [0.25, 0.3) is 0 Å². The Hall–Kier alpha value is -5.80. The zero-order valence-electron chi connectivity index (χ0n) is 60.0. The molecule has 2 fully saturated rings. The topological polar surface area (TPSA) is 267 Å². The highest BCUT2D eigenvalue weighted by atomic mass is 16.3. The van der Waals surface area contributed by atoms with E-state index in [-0.39, 0.29) is 105 Å². The summed E-state index contributed by atoms with van der Waals surface area (Å²) >= 11 is 0. The van der Waals surface area contributed by atoms with Crippen LogP contribution in [0.1, 0.15) is 194 Å². The van der Waals surface area contributed by atoms with Gasteiger partial charge in [0.15, 0.2) is 17.3 Å². The first-order valence-electron chi connectivity index (χ1n) is 33.9. The van der Waals surface area contributed by atoms with Gasteiger partial charge in [0.25, 0.3) is 0 Å². The number of aliphatic hydroxyl groups is 1. The predicted molar refractivity (Wildman–Crippen MR) is 354 cm³/mol. The summed E-state index contributed by atoms with van der Waals surface area (Å²) in [5.41, 5.74) is 0. The van der Waals surface area contributed by atoms with E-state index in [0.717, 1.165) is 25.7 Å². The van der Waals surface area contributed by atoms with E-state index in [0.29, 0.717) is 5.84 Å². The lowest BCUT2D eigenvalue weighted by molar-refractivity contribution is -0.157. The van der Waals surface area contributed by atoms with Gasteiger partial charge in [0.1, 0.15) is 30.2 Å². The summed E-state index contributed by atoms with van der Waals surface area (Å²) in [6, 6.07) is -7.92. The van der Waals surface area contributed by atoms with Crippen molar-refractivity contribution >= 4 is 70.4 Å². The number of hydrogen-bond acceptors (Lipinski definition) is 14. The monoisotopic (exact) mass is 1280 g/mol. The number of hydrogen-bond donors (Lipinski definition) is 3. The van der Waals surface area contributed by atoms with Crippen molar-refractivity contribution in [1.29, 1.82) is 0 Å². The van der Waals surface area contributed by atoms with Gasteiger partial charge in [-0.2, -0.15) is 0 Å². The molecule has 0 radical (unpaired) electrons.